The molecule has 1 aromatic carbocycles. The second-order valence-electron chi connectivity index (χ2n) is 4.38. The van der Waals surface area contributed by atoms with Crippen molar-refractivity contribution in [2.75, 3.05) is 6.54 Å². The highest BCUT2D eigenvalue weighted by Crippen LogP contribution is 2.31. The zero-order valence-electron chi connectivity index (χ0n) is 11.2. The Labute approximate surface area is 136 Å². The molecule has 106 valence electrons. The van der Waals surface area contributed by atoms with Crippen LogP contribution in [0.15, 0.2) is 45.6 Å². The van der Waals surface area contributed by atoms with Gasteiger partial charge in [-0.2, -0.15) is 0 Å². The van der Waals surface area contributed by atoms with E-state index in [2.05, 4.69) is 61.2 Å². The van der Waals surface area contributed by atoms with Crippen LogP contribution in [0.1, 0.15) is 18.9 Å². The Bertz CT molecular complexity index is 576. The van der Waals surface area contributed by atoms with Crippen LogP contribution in [0.25, 0.3) is 0 Å². The Morgan fingerprint density at radius 2 is 2.05 bits per heavy atom. The maximum atomic E-state index is 5.81. The molecule has 3 nitrogen and oxygen atoms in total. The predicted molar refractivity (Wildman–Crippen MR) is 88.2 cm³/mol. The van der Waals surface area contributed by atoms with Gasteiger partial charge in [-0.15, -0.1) is 0 Å². The second-order valence-corrected chi connectivity index (χ2v) is 6.15. The van der Waals surface area contributed by atoms with Gasteiger partial charge in [-0.05, 0) is 68.6 Å². The van der Waals surface area contributed by atoms with Gasteiger partial charge in [-0.25, -0.2) is 0 Å². The van der Waals surface area contributed by atoms with Gasteiger partial charge in [-0.3, -0.25) is 4.98 Å². The smallest absolute Gasteiger partial charge is 0.146 e. The van der Waals surface area contributed by atoms with Crippen molar-refractivity contribution < 1.29 is 4.74 Å². The highest BCUT2D eigenvalue weighted by atomic mass is 79.9. The van der Waals surface area contributed by atoms with Gasteiger partial charge in [0.2, 0.25) is 0 Å². The molecular formula is C15H16Br2N2O. The molecule has 1 heterocycles. The molecule has 2 aromatic rings. The molecule has 1 aromatic heterocycles. The average molecular weight is 400 g/mol. The van der Waals surface area contributed by atoms with Gasteiger partial charge < -0.3 is 10.1 Å². The van der Waals surface area contributed by atoms with Crippen LogP contribution in [-0.4, -0.2) is 11.5 Å². The van der Waals surface area contributed by atoms with Gasteiger partial charge in [0.1, 0.15) is 11.5 Å². The maximum absolute atomic E-state index is 5.81. The second kappa shape index (κ2) is 7.76. The van der Waals surface area contributed by atoms with E-state index in [1.165, 1.54) is 5.56 Å². The van der Waals surface area contributed by atoms with Crippen LogP contribution in [0.3, 0.4) is 0 Å². The fourth-order valence-corrected chi connectivity index (χ4v) is 2.57. The van der Waals surface area contributed by atoms with E-state index in [9.17, 15) is 0 Å². The summed E-state index contributed by atoms with van der Waals surface area (Å²) in [4.78, 5) is 4.08. The number of nitrogens with one attached hydrogen (secondary N) is 1. The minimum absolute atomic E-state index is 0.705. The molecule has 0 aliphatic carbocycles. The van der Waals surface area contributed by atoms with Crippen LogP contribution < -0.4 is 10.1 Å². The molecule has 0 unspecified atom stereocenters. The molecule has 0 fully saturated rings. The van der Waals surface area contributed by atoms with E-state index in [4.69, 9.17) is 4.74 Å². The average Bonchev–Trinajstić information content (AvgIpc) is 2.42. The summed E-state index contributed by atoms with van der Waals surface area (Å²) in [7, 11) is 0. The molecule has 1 N–H and O–H groups in total. The number of benzene rings is 1. The largest absolute Gasteiger partial charge is 0.455 e. The molecular weight excluding hydrogens is 384 g/mol. The van der Waals surface area contributed by atoms with E-state index in [0.717, 1.165) is 34.2 Å². The van der Waals surface area contributed by atoms with E-state index in [1.54, 1.807) is 12.4 Å². The minimum Gasteiger partial charge on any atom is -0.455 e. The van der Waals surface area contributed by atoms with Crippen molar-refractivity contribution in [3.63, 3.8) is 0 Å². The molecule has 0 atom stereocenters. The SMILES string of the molecule is CCCNCc1ccc(Oc2cncc(Br)c2)c(Br)c1. The number of ether oxygens (including phenoxy) is 1. The lowest BCUT2D eigenvalue weighted by atomic mass is 10.2. The first-order chi connectivity index (χ1) is 9.69. The van der Waals surface area contributed by atoms with Crippen LogP contribution in [-0.2, 0) is 6.54 Å². The summed E-state index contributed by atoms with van der Waals surface area (Å²) in [5.74, 6) is 1.49. The van der Waals surface area contributed by atoms with E-state index < -0.39 is 0 Å². The van der Waals surface area contributed by atoms with Crippen molar-refractivity contribution in [2.45, 2.75) is 19.9 Å². The Balaban J connectivity index is 2.06. The van der Waals surface area contributed by atoms with Crippen molar-refractivity contribution >= 4 is 31.9 Å². The number of halogens is 2. The third-order valence-corrected chi connectivity index (χ3v) is 3.71. The Kier molecular flexibility index (Phi) is 6.01. The van der Waals surface area contributed by atoms with Crippen LogP contribution >= 0.6 is 31.9 Å². The van der Waals surface area contributed by atoms with Crippen LogP contribution in [0.4, 0.5) is 0 Å². The highest BCUT2D eigenvalue weighted by molar-refractivity contribution is 9.10. The predicted octanol–water partition coefficient (Wildman–Crippen LogP) is 4.90. The molecule has 0 saturated heterocycles. The summed E-state index contributed by atoms with van der Waals surface area (Å²) in [5.41, 5.74) is 1.23. The van der Waals surface area contributed by atoms with E-state index >= 15 is 0 Å². The lowest BCUT2D eigenvalue weighted by molar-refractivity contribution is 0.476. The van der Waals surface area contributed by atoms with Gasteiger partial charge in [0.05, 0.1) is 10.7 Å². The molecule has 0 spiro atoms. The van der Waals surface area contributed by atoms with E-state index in [0.29, 0.717) is 5.75 Å². The summed E-state index contributed by atoms with van der Waals surface area (Å²) in [6.07, 6.45) is 4.55. The summed E-state index contributed by atoms with van der Waals surface area (Å²) >= 11 is 6.93. The molecule has 0 aliphatic heterocycles. The van der Waals surface area contributed by atoms with Gasteiger partial charge in [0.15, 0.2) is 0 Å². The fraction of sp³-hybridized carbons (Fsp3) is 0.267. The van der Waals surface area contributed by atoms with Crippen molar-refractivity contribution in [3.8, 4) is 11.5 Å². The summed E-state index contributed by atoms with van der Waals surface area (Å²) < 4.78 is 7.64. The topological polar surface area (TPSA) is 34.1 Å². The monoisotopic (exact) mass is 398 g/mol. The fourth-order valence-electron chi connectivity index (χ4n) is 1.72. The number of hydrogen-bond donors (Lipinski definition) is 1. The molecule has 5 heteroatoms. The van der Waals surface area contributed by atoms with Crippen molar-refractivity contribution in [1.82, 2.24) is 10.3 Å². The zero-order chi connectivity index (χ0) is 14.4. The van der Waals surface area contributed by atoms with Gasteiger partial charge in [0, 0.05) is 17.2 Å². The molecule has 0 radical (unpaired) electrons. The lowest BCUT2D eigenvalue weighted by Gasteiger charge is -2.10. The van der Waals surface area contributed by atoms with Crippen LogP contribution in [0.2, 0.25) is 0 Å². The van der Waals surface area contributed by atoms with Gasteiger partial charge >= 0.3 is 0 Å². The van der Waals surface area contributed by atoms with Crippen LogP contribution in [0.5, 0.6) is 11.5 Å². The van der Waals surface area contributed by atoms with Crippen molar-refractivity contribution in [2.24, 2.45) is 0 Å². The minimum atomic E-state index is 0.705. The van der Waals surface area contributed by atoms with Gasteiger partial charge in [-0.1, -0.05) is 13.0 Å². The third-order valence-electron chi connectivity index (χ3n) is 2.66. The quantitative estimate of drug-likeness (QED) is 0.701. The molecule has 2 rings (SSSR count). The number of rotatable bonds is 6. The Morgan fingerprint density at radius 3 is 2.75 bits per heavy atom. The summed E-state index contributed by atoms with van der Waals surface area (Å²) in [6.45, 7) is 4.05. The van der Waals surface area contributed by atoms with Crippen molar-refractivity contribution in [1.29, 1.82) is 0 Å². The standard InChI is InChI=1S/C15H16Br2N2O/c1-2-5-18-8-11-3-4-15(14(17)6-11)20-13-7-12(16)9-19-10-13/h3-4,6-7,9-10,18H,2,5,8H2,1H3. The number of aromatic nitrogens is 1. The number of hydrogen-bond acceptors (Lipinski definition) is 3. The molecule has 20 heavy (non-hydrogen) atoms. The van der Waals surface area contributed by atoms with Crippen LogP contribution in [0, 0.1) is 0 Å². The molecule has 0 aliphatic rings. The first-order valence-corrected chi connectivity index (χ1v) is 8.05. The lowest BCUT2D eigenvalue weighted by Crippen LogP contribution is -2.13. The number of nitrogens with zero attached hydrogens (tertiary/aromatic N) is 1. The third kappa shape index (κ3) is 4.58. The first-order valence-electron chi connectivity index (χ1n) is 6.46. The van der Waals surface area contributed by atoms with E-state index in [1.807, 2.05) is 12.1 Å². The summed E-state index contributed by atoms with van der Waals surface area (Å²) in [6, 6.07) is 7.99. The maximum Gasteiger partial charge on any atom is 0.146 e. The Hall–Kier alpha value is -0.910. The summed E-state index contributed by atoms with van der Waals surface area (Å²) in [5, 5.41) is 3.38. The Morgan fingerprint density at radius 1 is 1.20 bits per heavy atom. The molecule has 0 saturated carbocycles. The number of pyridine rings is 1. The van der Waals surface area contributed by atoms with Crippen molar-refractivity contribution in [3.05, 3.63) is 51.2 Å². The zero-order valence-corrected chi connectivity index (χ0v) is 14.4. The first kappa shape index (κ1) is 15.5. The normalized spacial score (nSPS) is 10.6. The van der Waals surface area contributed by atoms with Gasteiger partial charge in [0.25, 0.3) is 0 Å². The molecule has 0 amide bonds. The molecule has 0 bridgehead atoms. The van der Waals surface area contributed by atoms with E-state index in [-0.39, 0.29) is 0 Å². The highest BCUT2D eigenvalue weighted by Gasteiger charge is 2.05.